The molecule has 2 aromatic rings. The van der Waals surface area contributed by atoms with Gasteiger partial charge in [-0.05, 0) is 56.7 Å². The van der Waals surface area contributed by atoms with E-state index in [9.17, 15) is 0 Å². The molecule has 1 nitrogen and oxygen atoms in total. The van der Waals surface area contributed by atoms with Gasteiger partial charge < -0.3 is 4.74 Å². The van der Waals surface area contributed by atoms with Crippen LogP contribution in [0.1, 0.15) is 0 Å². The van der Waals surface area contributed by atoms with Crippen molar-refractivity contribution in [3.8, 4) is 5.75 Å². The quantitative estimate of drug-likeness (QED) is 0.683. The SMILES string of the molecule is COc1c(I)ccc2sc(Br)cc12. The van der Waals surface area contributed by atoms with E-state index in [-0.39, 0.29) is 0 Å². The molecule has 0 spiro atoms. The molecule has 0 aliphatic carbocycles. The Morgan fingerprint density at radius 2 is 2.23 bits per heavy atom. The minimum atomic E-state index is 0.972. The third-order valence-electron chi connectivity index (χ3n) is 1.78. The van der Waals surface area contributed by atoms with E-state index in [1.54, 1.807) is 18.4 Å². The van der Waals surface area contributed by atoms with Crippen LogP contribution in [0, 0.1) is 3.57 Å². The van der Waals surface area contributed by atoms with Crippen molar-refractivity contribution in [3.63, 3.8) is 0 Å². The van der Waals surface area contributed by atoms with Crippen LogP contribution in [0.2, 0.25) is 0 Å². The number of hydrogen-bond donors (Lipinski definition) is 0. The van der Waals surface area contributed by atoms with Crippen LogP contribution in [0.4, 0.5) is 0 Å². The zero-order valence-electron chi connectivity index (χ0n) is 6.80. The molecule has 0 N–H and O–H groups in total. The van der Waals surface area contributed by atoms with Crippen molar-refractivity contribution in [3.05, 3.63) is 25.6 Å². The van der Waals surface area contributed by atoms with Crippen LogP contribution >= 0.6 is 49.9 Å². The Kier molecular flexibility index (Phi) is 2.80. The molecule has 1 heterocycles. The van der Waals surface area contributed by atoms with Crippen LogP contribution in [0.5, 0.6) is 5.75 Å². The number of ether oxygens (including phenoxy) is 1. The van der Waals surface area contributed by atoms with Gasteiger partial charge in [0.15, 0.2) is 0 Å². The Labute approximate surface area is 102 Å². The molecule has 0 unspecified atom stereocenters. The lowest BCUT2D eigenvalue weighted by Gasteiger charge is -2.03. The average molecular weight is 369 g/mol. The van der Waals surface area contributed by atoms with Gasteiger partial charge in [-0.3, -0.25) is 0 Å². The average Bonchev–Trinajstić information content (AvgIpc) is 2.45. The lowest BCUT2D eigenvalue weighted by Crippen LogP contribution is -1.86. The van der Waals surface area contributed by atoms with Gasteiger partial charge in [-0.25, -0.2) is 0 Å². The zero-order chi connectivity index (χ0) is 9.42. The topological polar surface area (TPSA) is 9.23 Å². The maximum absolute atomic E-state index is 5.35. The summed E-state index contributed by atoms with van der Waals surface area (Å²) in [4.78, 5) is 0. The van der Waals surface area contributed by atoms with E-state index in [1.165, 1.54) is 10.1 Å². The molecular formula is C9H6BrIOS. The second-order valence-corrected chi connectivity index (χ2v) is 6.17. The molecule has 68 valence electrons. The van der Waals surface area contributed by atoms with Crippen LogP contribution in [0.15, 0.2) is 22.0 Å². The number of thiophene rings is 1. The third-order valence-corrected chi connectivity index (χ3v) is 4.23. The van der Waals surface area contributed by atoms with Gasteiger partial charge in [0.1, 0.15) is 5.75 Å². The highest BCUT2D eigenvalue weighted by molar-refractivity contribution is 14.1. The second kappa shape index (κ2) is 3.74. The van der Waals surface area contributed by atoms with Crippen LogP contribution in [0.25, 0.3) is 10.1 Å². The summed E-state index contributed by atoms with van der Waals surface area (Å²) in [5.41, 5.74) is 0. The molecular weight excluding hydrogens is 363 g/mol. The minimum Gasteiger partial charge on any atom is -0.495 e. The molecule has 0 saturated heterocycles. The Bertz CT molecular complexity index is 452. The van der Waals surface area contributed by atoms with Gasteiger partial charge >= 0.3 is 0 Å². The molecule has 0 amide bonds. The highest BCUT2D eigenvalue weighted by Gasteiger charge is 2.08. The van der Waals surface area contributed by atoms with E-state index in [0.29, 0.717) is 0 Å². The third kappa shape index (κ3) is 1.71. The largest absolute Gasteiger partial charge is 0.495 e. The summed E-state index contributed by atoms with van der Waals surface area (Å²) < 4.78 is 8.90. The van der Waals surface area contributed by atoms with Crippen molar-refractivity contribution in [2.24, 2.45) is 0 Å². The van der Waals surface area contributed by atoms with E-state index >= 15 is 0 Å². The summed E-state index contributed by atoms with van der Waals surface area (Å²) in [6.07, 6.45) is 0. The van der Waals surface area contributed by atoms with Gasteiger partial charge in [0.25, 0.3) is 0 Å². The summed E-state index contributed by atoms with van der Waals surface area (Å²) in [7, 11) is 1.71. The van der Waals surface area contributed by atoms with Crippen molar-refractivity contribution >= 4 is 59.9 Å². The Morgan fingerprint density at radius 3 is 2.92 bits per heavy atom. The van der Waals surface area contributed by atoms with Gasteiger partial charge in [0, 0.05) is 10.1 Å². The first kappa shape index (κ1) is 9.73. The number of rotatable bonds is 1. The first-order valence-electron chi connectivity index (χ1n) is 3.64. The summed E-state index contributed by atoms with van der Waals surface area (Å²) in [6.45, 7) is 0. The fraction of sp³-hybridized carbons (Fsp3) is 0.111. The maximum Gasteiger partial charge on any atom is 0.140 e. The molecule has 1 aromatic heterocycles. The minimum absolute atomic E-state index is 0.972. The van der Waals surface area contributed by atoms with Gasteiger partial charge in [-0.15, -0.1) is 11.3 Å². The Morgan fingerprint density at radius 1 is 1.46 bits per heavy atom. The zero-order valence-corrected chi connectivity index (χ0v) is 11.4. The predicted molar refractivity (Wildman–Crippen MR) is 68.8 cm³/mol. The summed E-state index contributed by atoms with van der Waals surface area (Å²) in [6, 6.07) is 6.29. The van der Waals surface area contributed by atoms with Gasteiger partial charge in [-0.1, -0.05) is 0 Å². The number of methoxy groups -OCH3 is 1. The molecule has 0 bridgehead atoms. The van der Waals surface area contributed by atoms with Crippen molar-refractivity contribution in [1.29, 1.82) is 0 Å². The van der Waals surface area contributed by atoms with E-state index in [2.05, 4.69) is 56.7 Å². The fourth-order valence-corrected chi connectivity index (χ4v) is 3.46. The van der Waals surface area contributed by atoms with E-state index < -0.39 is 0 Å². The molecule has 2 rings (SSSR count). The molecule has 0 aliphatic heterocycles. The molecule has 0 aliphatic rings. The molecule has 4 heteroatoms. The molecule has 13 heavy (non-hydrogen) atoms. The van der Waals surface area contributed by atoms with E-state index in [0.717, 1.165) is 13.1 Å². The van der Waals surface area contributed by atoms with Crippen molar-refractivity contribution in [2.75, 3.05) is 7.11 Å². The van der Waals surface area contributed by atoms with Crippen molar-refractivity contribution in [2.45, 2.75) is 0 Å². The fourth-order valence-electron chi connectivity index (χ4n) is 1.24. The predicted octanol–water partition coefficient (Wildman–Crippen LogP) is 4.28. The monoisotopic (exact) mass is 368 g/mol. The smallest absolute Gasteiger partial charge is 0.140 e. The molecule has 0 radical (unpaired) electrons. The lowest BCUT2D eigenvalue weighted by molar-refractivity contribution is 0.417. The molecule has 0 atom stereocenters. The summed E-state index contributed by atoms with van der Waals surface area (Å²) >= 11 is 7.48. The van der Waals surface area contributed by atoms with Crippen LogP contribution < -0.4 is 4.74 Å². The summed E-state index contributed by atoms with van der Waals surface area (Å²) in [5.74, 6) is 0.972. The molecule has 0 fully saturated rings. The highest BCUT2D eigenvalue weighted by atomic mass is 127. The van der Waals surface area contributed by atoms with Crippen molar-refractivity contribution < 1.29 is 4.74 Å². The van der Waals surface area contributed by atoms with Crippen LogP contribution in [-0.2, 0) is 0 Å². The van der Waals surface area contributed by atoms with Gasteiger partial charge in [0.05, 0.1) is 14.5 Å². The maximum atomic E-state index is 5.35. The number of halogens is 2. The van der Waals surface area contributed by atoms with Crippen LogP contribution in [0.3, 0.4) is 0 Å². The Balaban J connectivity index is 2.82. The highest BCUT2D eigenvalue weighted by Crippen LogP contribution is 2.37. The standard InChI is InChI=1S/C9H6BrIOS/c1-12-9-5-4-8(10)13-7(5)3-2-6(9)11/h2-4H,1H3. The second-order valence-electron chi connectivity index (χ2n) is 2.54. The van der Waals surface area contributed by atoms with E-state index in [4.69, 9.17) is 4.74 Å². The number of hydrogen-bond acceptors (Lipinski definition) is 2. The number of benzene rings is 1. The van der Waals surface area contributed by atoms with Crippen molar-refractivity contribution in [1.82, 2.24) is 0 Å². The Hall–Kier alpha value is 0.190. The normalized spacial score (nSPS) is 10.7. The van der Waals surface area contributed by atoms with Crippen LogP contribution in [-0.4, -0.2) is 7.11 Å². The lowest BCUT2D eigenvalue weighted by atomic mass is 10.2. The van der Waals surface area contributed by atoms with Gasteiger partial charge in [-0.2, -0.15) is 0 Å². The molecule has 0 saturated carbocycles. The number of fused-ring (bicyclic) bond motifs is 1. The molecule has 1 aromatic carbocycles. The first-order valence-corrected chi connectivity index (χ1v) is 6.32. The first-order chi connectivity index (χ1) is 6.22. The van der Waals surface area contributed by atoms with Gasteiger partial charge in [0.2, 0.25) is 0 Å². The summed E-state index contributed by atoms with van der Waals surface area (Å²) in [5, 5.41) is 1.19. The van der Waals surface area contributed by atoms with E-state index in [1.807, 2.05) is 0 Å².